The molecule has 1 N–H and O–H groups in total. The van der Waals surface area contributed by atoms with Crippen LogP contribution >= 0.6 is 23.4 Å². The number of carbonyl (C=O) groups is 1. The first-order valence-electron chi connectivity index (χ1n) is 7.89. The normalized spacial score (nSPS) is 18.9. The quantitative estimate of drug-likeness (QED) is 0.727. The van der Waals surface area contributed by atoms with Crippen LogP contribution in [0.2, 0.25) is 5.15 Å². The van der Waals surface area contributed by atoms with Crippen molar-refractivity contribution in [1.29, 1.82) is 0 Å². The number of hydrogen-bond acceptors (Lipinski definition) is 7. The van der Waals surface area contributed by atoms with Crippen LogP contribution in [-0.4, -0.2) is 36.1 Å². The Bertz CT molecular complexity index is 1170. The minimum Gasteiger partial charge on any atom is -0.454 e. The van der Waals surface area contributed by atoms with Crippen molar-refractivity contribution in [3.63, 3.8) is 0 Å². The van der Waals surface area contributed by atoms with E-state index in [-0.39, 0.29) is 27.7 Å². The fraction of sp³-hybridized carbons (Fsp3) is 0.188. The van der Waals surface area contributed by atoms with Crippen LogP contribution in [0.4, 0.5) is 0 Å². The molecular weight excluding hydrogens is 428 g/mol. The van der Waals surface area contributed by atoms with E-state index in [0.29, 0.717) is 22.0 Å². The number of nitrogens with one attached hydrogen (secondary N) is 1. The summed E-state index contributed by atoms with van der Waals surface area (Å²) >= 11 is 6.94. The molecular formula is C16H13ClN4O5S2. The highest BCUT2D eigenvalue weighted by atomic mass is 35.5. The van der Waals surface area contributed by atoms with Crippen molar-refractivity contribution in [2.24, 2.45) is 11.4 Å². The molecule has 1 saturated heterocycles. The number of aromatic nitrogens is 2. The summed E-state index contributed by atoms with van der Waals surface area (Å²) in [6.07, 6.45) is 1.61. The molecule has 0 radical (unpaired) electrons. The average molecular weight is 441 g/mol. The van der Waals surface area contributed by atoms with Gasteiger partial charge in [0.15, 0.2) is 16.7 Å². The van der Waals surface area contributed by atoms with Gasteiger partial charge in [-0.25, -0.2) is 0 Å². The SMILES string of the molecule is Cc1nn(C)c(Cl)c1S(=O)(=O)/N=C1/NC(=O)/C(=C\c2ccc3c(c2)OCO3)S1. The van der Waals surface area contributed by atoms with Crippen molar-refractivity contribution in [1.82, 2.24) is 15.1 Å². The summed E-state index contributed by atoms with van der Waals surface area (Å²) in [6.45, 7) is 1.67. The second-order valence-corrected chi connectivity index (χ2v) is 8.81. The van der Waals surface area contributed by atoms with E-state index in [1.165, 1.54) is 18.7 Å². The van der Waals surface area contributed by atoms with Gasteiger partial charge in [-0.15, -0.1) is 4.40 Å². The van der Waals surface area contributed by atoms with Crippen LogP contribution in [0, 0.1) is 6.92 Å². The predicted octanol–water partition coefficient (Wildman–Crippen LogP) is 2.06. The largest absolute Gasteiger partial charge is 0.454 e. The number of thioether (sulfide) groups is 1. The van der Waals surface area contributed by atoms with E-state index >= 15 is 0 Å². The minimum atomic E-state index is -4.14. The van der Waals surface area contributed by atoms with Crippen LogP contribution < -0.4 is 14.8 Å². The van der Waals surface area contributed by atoms with E-state index in [4.69, 9.17) is 21.1 Å². The number of amides is 1. The Labute approximate surface area is 169 Å². The van der Waals surface area contributed by atoms with Crippen molar-refractivity contribution < 1.29 is 22.7 Å². The number of nitrogens with zero attached hydrogens (tertiary/aromatic N) is 3. The molecule has 1 aromatic carbocycles. The molecule has 2 aromatic rings. The Morgan fingerprint density at radius 2 is 2.11 bits per heavy atom. The Hall–Kier alpha value is -2.50. The molecule has 4 rings (SSSR count). The number of sulfonamides is 1. The predicted molar refractivity (Wildman–Crippen MR) is 104 cm³/mol. The van der Waals surface area contributed by atoms with Gasteiger partial charge in [-0.3, -0.25) is 14.8 Å². The van der Waals surface area contributed by atoms with Gasteiger partial charge in [-0.1, -0.05) is 17.7 Å². The fourth-order valence-electron chi connectivity index (χ4n) is 2.68. The highest BCUT2D eigenvalue weighted by Crippen LogP contribution is 2.35. The number of benzene rings is 1. The van der Waals surface area contributed by atoms with Gasteiger partial charge in [0.05, 0.1) is 10.6 Å². The average Bonchev–Trinajstić information content (AvgIpc) is 3.26. The first kappa shape index (κ1) is 18.8. The molecule has 0 aliphatic carbocycles. The summed E-state index contributed by atoms with van der Waals surface area (Å²) in [6, 6.07) is 5.23. The lowest BCUT2D eigenvalue weighted by Gasteiger charge is -1.99. The summed E-state index contributed by atoms with van der Waals surface area (Å²) in [7, 11) is -2.61. The van der Waals surface area contributed by atoms with E-state index in [0.717, 1.165) is 11.8 Å². The molecule has 2 aliphatic rings. The van der Waals surface area contributed by atoms with Gasteiger partial charge in [0.2, 0.25) is 6.79 Å². The maximum absolute atomic E-state index is 12.6. The van der Waals surface area contributed by atoms with Crippen molar-refractivity contribution in [3.05, 3.63) is 39.5 Å². The second kappa shape index (κ2) is 6.83. The first-order chi connectivity index (χ1) is 13.2. The van der Waals surface area contributed by atoms with Gasteiger partial charge in [-0.05, 0) is 42.5 Å². The Morgan fingerprint density at radius 1 is 1.36 bits per heavy atom. The smallest absolute Gasteiger partial charge is 0.289 e. The fourth-order valence-corrected chi connectivity index (χ4v) is 5.40. The van der Waals surface area contributed by atoms with Gasteiger partial charge in [0.1, 0.15) is 10.0 Å². The van der Waals surface area contributed by atoms with Crippen molar-refractivity contribution in [2.75, 3.05) is 6.79 Å². The number of hydrogen-bond donors (Lipinski definition) is 1. The molecule has 28 heavy (non-hydrogen) atoms. The summed E-state index contributed by atoms with van der Waals surface area (Å²) < 4.78 is 40.7. The van der Waals surface area contributed by atoms with E-state index in [2.05, 4.69) is 14.8 Å². The highest BCUT2D eigenvalue weighted by Gasteiger charge is 2.30. The lowest BCUT2D eigenvalue weighted by atomic mass is 10.2. The minimum absolute atomic E-state index is 0.0488. The summed E-state index contributed by atoms with van der Waals surface area (Å²) in [4.78, 5) is 12.3. The van der Waals surface area contributed by atoms with Gasteiger partial charge in [0, 0.05) is 7.05 Å². The highest BCUT2D eigenvalue weighted by molar-refractivity contribution is 8.19. The molecule has 0 bridgehead atoms. The zero-order valence-corrected chi connectivity index (χ0v) is 17.0. The van der Waals surface area contributed by atoms with Crippen LogP contribution in [0.3, 0.4) is 0 Å². The third-order valence-corrected chi connectivity index (χ3v) is 6.91. The first-order valence-corrected chi connectivity index (χ1v) is 10.5. The molecule has 12 heteroatoms. The van der Waals surface area contributed by atoms with Gasteiger partial charge in [0.25, 0.3) is 15.9 Å². The molecule has 1 aromatic heterocycles. The van der Waals surface area contributed by atoms with E-state index in [1.54, 1.807) is 24.3 Å². The molecule has 0 spiro atoms. The summed E-state index contributed by atoms with van der Waals surface area (Å²) in [5, 5.41) is 6.32. The zero-order valence-electron chi connectivity index (χ0n) is 14.6. The molecule has 0 unspecified atom stereocenters. The molecule has 0 atom stereocenters. The molecule has 9 nitrogen and oxygen atoms in total. The Morgan fingerprint density at radius 3 is 2.82 bits per heavy atom. The van der Waals surface area contributed by atoms with E-state index in [1.807, 2.05) is 0 Å². The molecule has 2 aliphatic heterocycles. The van der Waals surface area contributed by atoms with Crippen molar-refractivity contribution >= 4 is 50.5 Å². The maximum atomic E-state index is 12.6. The topological polar surface area (TPSA) is 112 Å². The molecule has 1 fully saturated rings. The van der Waals surface area contributed by atoms with Crippen LogP contribution in [-0.2, 0) is 21.9 Å². The van der Waals surface area contributed by atoms with Crippen molar-refractivity contribution in [2.45, 2.75) is 11.8 Å². The number of fused-ring (bicyclic) bond motifs is 1. The molecule has 3 heterocycles. The van der Waals surface area contributed by atoms with Crippen LogP contribution in [0.5, 0.6) is 11.5 Å². The van der Waals surface area contributed by atoms with Gasteiger partial charge in [-0.2, -0.15) is 13.5 Å². The van der Waals surface area contributed by atoms with Crippen molar-refractivity contribution in [3.8, 4) is 11.5 Å². The number of amidine groups is 1. The third kappa shape index (κ3) is 3.36. The molecule has 0 saturated carbocycles. The van der Waals surface area contributed by atoms with Crippen LogP contribution in [0.15, 0.2) is 32.4 Å². The van der Waals surface area contributed by atoms with E-state index < -0.39 is 15.9 Å². The number of rotatable bonds is 3. The number of ether oxygens (including phenoxy) is 2. The Kier molecular flexibility index (Phi) is 4.60. The monoisotopic (exact) mass is 440 g/mol. The third-order valence-electron chi connectivity index (χ3n) is 3.91. The van der Waals surface area contributed by atoms with Gasteiger partial charge < -0.3 is 9.47 Å². The lowest BCUT2D eigenvalue weighted by Crippen LogP contribution is -2.21. The number of halogens is 1. The van der Waals surface area contributed by atoms with Gasteiger partial charge >= 0.3 is 0 Å². The summed E-state index contributed by atoms with van der Waals surface area (Å²) in [5.41, 5.74) is 0.930. The summed E-state index contributed by atoms with van der Waals surface area (Å²) in [5.74, 6) is 0.754. The zero-order chi connectivity index (χ0) is 20.1. The van der Waals surface area contributed by atoms with Crippen LogP contribution in [0.25, 0.3) is 6.08 Å². The molecule has 1 amide bonds. The maximum Gasteiger partial charge on any atom is 0.289 e. The standard InChI is InChI=1S/C16H13ClN4O5S2/c1-8-13(14(17)21(2)19-8)28(23,24)20-16-18-15(22)12(27-16)6-9-3-4-10-11(5-9)26-7-25-10/h3-6H,7H2,1-2H3,(H,18,20,22)/b12-6+. The number of aryl methyl sites for hydroxylation is 2. The Balaban J connectivity index is 1.62. The number of carbonyl (C=O) groups excluding carboxylic acids is 1. The second-order valence-electron chi connectivity index (χ2n) is 5.88. The lowest BCUT2D eigenvalue weighted by molar-refractivity contribution is -0.115. The van der Waals surface area contributed by atoms with Crippen LogP contribution in [0.1, 0.15) is 11.3 Å². The molecule has 146 valence electrons. The van der Waals surface area contributed by atoms with E-state index in [9.17, 15) is 13.2 Å².